The number of amides is 1. The SMILES string of the molecule is Cc1ccc2c(Oc3ccc(NC(=O)c4c(CN5CCCC5)n(C)n(-c5ccccc5)c4=O)nc3)ccnc2c1. The molecule has 0 aliphatic carbocycles. The summed E-state index contributed by atoms with van der Waals surface area (Å²) >= 11 is 0. The Bertz CT molecular complexity index is 1740. The van der Waals surface area contributed by atoms with Gasteiger partial charge >= 0.3 is 0 Å². The lowest BCUT2D eigenvalue weighted by Crippen LogP contribution is -2.26. The van der Waals surface area contributed by atoms with E-state index in [4.69, 9.17) is 4.74 Å². The highest BCUT2D eigenvalue weighted by atomic mass is 16.5. The first-order valence-electron chi connectivity index (χ1n) is 13.4. The fourth-order valence-electron chi connectivity index (χ4n) is 5.21. The second kappa shape index (κ2) is 10.8. The van der Waals surface area contributed by atoms with E-state index >= 15 is 0 Å². The van der Waals surface area contributed by atoms with E-state index in [9.17, 15) is 9.59 Å². The molecule has 5 aromatic rings. The highest BCUT2D eigenvalue weighted by molar-refractivity contribution is 6.04. The Morgan fingerprint density at radius 3 is 2.55 bits per heavy atom. The van der Waals surface area contributed by atoms with Gasteiger partial charge in [0.1, 0.15) is 22.9 Å². The van der Waals surface area contributed by atoms with E-state index in [-0.39, 0.29) is 11.1 Å². The number of carbonyl (C=O) groups excluding carboxylic acids is 1. The molecule has 0 unspecified atom stereocenters. The largest absolute Gasteiger partial charge is 0.455 e. The van der Waals surface area contributed by atoms with Crippen LogP contribution in [0, 0.1) is 6.92 Å². The smallest absolute Gasteiger partial charge is 0.284 e. The van der Waals surface area contributed by atoms with Gasteiger partial charge in [0, 0.05) is 25.2 Å². The van der Waals surface area contributed by atoms with Gasteiger partial charge in [0.25, 0.3) is 11.5 Å². The summed E-state index contributed by atoms with van der Waals surface area (Å²) in [5.74, 6) is 1.03. The Morgan fingerprint density at radius 2 is 1.80 bits per heavy atom. The number of carbonyl (C=O) groups is 1. The molecule has 2 aromatic carbocycles. The number of likely N-dealkylation sites (tertiary alicyclic amines) is 1. The summed E-state index contributed by atoms with van der Waals surface area (Å²) in [5.41, 5.74) is 3.11. The van der Waals surface area contributed by atoms with E-state index in [1.165, 1.54) is 0 Å². The van der Waals surface area contributed by atoms with E-state index in [2.05, 4.69) is 20.2 Å². The fourth-order valence-corrected chi connectivity index (χ4v) is 5.21. The monoisotopic (exact) mass is 534 g/mol. The lowest BCUT2D eigenvalue weighted by Gasteiger charge is -2.17. The van der Waals surface area contributed by atoms with Gasteiger partial charge < -0.3 is 10.1 Å². The minimum Gasteiger partial charge on any atom is -0.455 e. The van der Waals surface area contributed by atoms with Crippen LogP contribution in [0.25, 0.3) is 16.6 Å². The van der Waals surface area contributed by atoms with E-state index in [0.29, 0.717) is 35.2 Å². The third kappa shape index (κ3) is 4.99. The van der Waals surface area contributed by atoms with Crippen molar-refractivity contribution in [1.29, 1.82) is 0 Å². The molecule has 9 heteroatoms. The number of anilines is 1. The van der Waals surface area contributed by atoms with Gasteiger partial charge in [0.05, 0.1) is 23.1 Å². The van der Waals surface area contributed by atoms with Crippen LogP contribution >= 0.6 is 0 Å². The Kier molecular flexibility index (Phi) is 6.88. The van der Waals surface area contributed by atoms with Crippen LogP contribution < -0.4 is 15.6 Å². The van der Waals surface area contributed by atoms with E-state index in [0.717, 1.165) is 42.4 Å². The molecule has 1 N–H and O–H groups in total. The van der Waals surface area contributed by atoms with Crippen molar-refractivity contribution in [3.63, 3.8) is 0 Å². The first-order chi connectivity index (χ1) is 19.5. The quantitative estimate of drug-likeness (QED) is 0.313. The average molecular weight is 535 g/mol. The van der Waals surface area contributed by atoms with Gasteiger partial charge in [-0.1, -0.05) is 24.3 Å². The molecule has 1 saturated heterocycles. The van der Waals surface area contributed by atoms with Crippen LogP contribution in [0.15, 0.2) is 83.9 Å². The Morgan fingerprint density at radius 1 is 1.00 bits per heavy atom. The van der Waals surface area contributed by atoms with Crippen LogP contribution in [0.5, 0.6) is 11.5 Å². The molecule has 1 aliphatic heterocycles. The van der Waals surface area contributed by atoms with Crippen molar-refractivity contribution in [2.24, 2.45) is 7.05 Å². The molecule has 1 aliphatic rings. The average Bonchev–Trinajstić information content (AvgIpc) is 3.56. The Balaban J connectivity index is 1.26. The van der Waals surface area contributed by atoms with E-state index in [1.54, 1.807) is 33.9 Å². The summed E-state index contributed by atoms with van der Waals surface area (Å²) in [6.07, 6.45) is 5.49. The molecule has 0 saturated carbocycles. The van der Waals surface area contributed by atoms with Crippen LogP contribution in [-0.2, 0) is 13.6 Å². The van der Waals surface area contributed by atoms with Gasteiger partial charge in [-0.25, -0.2) is 9.67 Å². The maximum absolute atomic E-state index is 13.6. The Hall–Kier alpha value is -4.76. The maximum atomic E-state index is 13.6. The van der Waals surface area contributed by atoms with Gasteiger partial charge in [-0.2, -0.15) is 0 Å². The predicted molar refractivity (Wildman–Crippen MR) is 154 cm³/mol. The zero-order valence-electron chi connectivity index (χ0n) is 22.5. The maximum Gasteiger partial charge on any atom is 0.284 e. The van der Waals surface area contributed by atoms with Gasteiger partial charge in [-0.05, 0) is 80.9 Å². The number of hydrogen-bond acceptors (Lipinski definition) is 6. The van der Waals surface area contributed by atoms with Crippen molar-refractivity contribution < 1.29 is 9.53 Å². The topological polar surface area (TPSA) is 94.3 Å². The molecule has 1 amide bonds. The number of aromatic nitrogens is 4. The van der Waals surface area contributed by atoms with Crippen LogP contribution in [-0.4, -0.2) is 43.2 Å². The van der Waals surface area contributed by atoms with E-state index < -0.39 is 5.91 Å². The molecular weight excluding hydrogens is 504 g/mol. The molecule has 0 radical (unpaired) electrons. The third-order valence-electron chi connectivity index (χ3n) is 7.25. The standard InChI is InChI=1S/C31H30N6O3/c1-21-10-12-24-25(18-21)32-15-14-27(24)40-23-11-13-28(33-19-23)34-30(38)29-26(20-36-16-6-7-17-36)35(2)37(31(29)39)22-8-4-3-5-9-22/h3-5,8-15,18-19H,6-7,16-17,20H2,1-2H3,(H,33,34,38). The first kappa shape index (κ1) is 25.5. The number of rotatable bonds is 7. The predicted octanol–water partition coefficient (Wildman–Crippen LogP) is 5.07. The fraction of sp³-hybridized carbons (Fsp3) is 0.226. The van der Waals surface area contributed by atoms with Gasteiger partial charge in [0.2, 0.25) is 0 Å². The number of benzene rings is 2. The van der Waals surface area contributed by atoms with Crippen LogP contribution in [0.1, 0.15) is 34.5 Å². The summed E-state index contributed by atoms with van der Waals surface area (Å²) in [4.78, 5) is 38.2. The van der Waals surface area contributed by atoms with Gasteiger partial charge in [-0.15, -0.1) is 0 Å². The number of nitrogens with zero attached hydrogens (tertiary/aromatic N) is 5. The molecule has 9 nitrogen and oxygen atoms in total. The van der Waals surface area contributed by atoms with Crippen LogP contribution in [0.2, 0.25) is 0 Å². The summed E-state index contributed by atoms with van der Waals surface area (Å²) in [5, 5.41) is 3.72. The second-order valence-corrected chi connectivity index (χ2v) is 10.0. The minimum atomic E-state index is -0.485. The highest BCUT2D eigenvalue weighted by Gasteiger charge is 2.27. The Labute approximate surface area is 231 Å². The van der Waals surface area contributed by atoms with Crippen LogP contribution in [0.4, 0.5) is 5.82 Å². The van der Waals surface area contributed by atoms with Crippen molar-refractivity contribution in [3.8, 4) is 17.2 Å². The summed E-state index contributed by atoms with van der Waals surface area (Å²) in [6, 6.07) is 20.6. The zero-order valence-corrected chi connectivity index (χ0v) is 22.5. The molecule has 3 aromatic heterocycles. The lowest BCUT2D eigenvalue weighted by atomic mass is 10.1. The number of hydrogen-bond donors (Lipinski definition) is 1. The third-order valence-corrected chi connectivity index (χ3v) is 7.25. The van der Waals surface area contributed by atoms with Crippen molar-refractivity contribution in [2.45, 2.75) is 26.3 Å². The number of para-hydroxylation sites is 1. The van der Waals surface area contributed by atoms with Gasteiger partial charge in [0.15, 0.2) is 0 Å². The number of pyridine rings is 2. The zero-order chi connectivity index (χ0) is 27.6. The molecule has 4 heterocycles. The van der Waals surface area contributed by atoms with Crippen molar-refractivity contribution in [2.75, 3.05) is 18.4 Å². The van der Waals surface area contributed by atoms with Crippen molar-refractivity contribution >= 4 is 22.6 Å². The molecule has 0 spiro atoms. The normalized spacial score (nSPS) is 13.6. The molecule has 0 atom stereocenters. The van der Waals surface area contributed by atoms with Crippen LogP contribution in [0.3, 0.4) is 0 Å². The molecule has 1 fully saturated rings. The number of nitrogens with one attached hydrogen (secondary N) is 1. The minimum absolute atomic E-state index is 0.124. The van der Waals surface area contributed by atoms with Gasteiger partial charge in [-0.3, -0.25) is 24.2 Å². The molecule has 0 bridgehead atoms. The number of aryl methyl sites for hydroxylation is 1. The van der Waals surface area contributed by atoms with Crippen molar-refractivity contribution in [3.05, 3.63) is 106 Å². The van der Waals surface area contributed by atoms with E-state index in [1.807, 2.05) is 68.6 Å². The van der Waals surface area contributed by atoms with Crippen molar-refractivity contribution in [1.82, 2.24) is 24.2 Å². The summed E-state index contributed by atoms with van der Waals surface area (Å²) in [6.45, 7) is 4.43. The first-order valence-corrected chi connectivity index (χ1v) is 13.4. The highest BCUT2D eigenvalue weighted by Crippen LogP contribution is 2.29. The second-order valence-electron chi connectivity index (χ2n) is 10.0. The number of fused-ring (bicyclic) bond motifs is 1. The molecule has 40 heavy (non-hydrogen) atoms. The molecule has 202 valence electrons. The molecule has 6 rings (SSSR count). The molecular formula is C31H30N6O3. The number of ether oxygens (including phenoxy) is 1. The summed E-state index contributed by atoms with van der Waals surface area (Å²) < 4.78 is 9.41. The summed E-state index contributed by atoms with van der Waals surface area (Å²) in [7, 11) is 1.82. The lowest BCUT2D eigenvalue weighted by molar-refractivity contribution is 0.102.